The molecule has 5 nitrogen and oxygen atoms in total. The first kappa shape index (κ1) is 15.8. The van der Waals surface area contributed by atoms with Crippen LogP contribution < -0.4 is 10.5 Å². The van der Waals surface area contributed by atoms with Crippen molar-refractivity contribution in [1.82, 2.24) is 4.90 Å². The van der Waals surface area contributed by atoms with Crippen LogP contribution in [-0.4, -0.2) is 62.1 Å². The highest BCUT2D eigenvalue weighted by atomic mass is 16.5. The molecule has 0 bridgehead atoms. The van der Waals surface area contributed by atoms with E-state index in [1.54, 1.807) is 0 Å². The van der Waals surface area contributed by atoms with Crippen molar-refractivity contribution in [1.29, 1.82) is 0 Å². The van der Waals surface area contributed by atoms with Crippen molar-refractivity contribution in [3.63, 3.8) is 0 Å². The van der Waals surface area contributed by atoms with Crippen molar-refractivity contribution in [3.05, 3.63) is 29.8 Å². The lowest BCUT2D eigenvalue weighted by Crippen LogP contribution is -2.48. The van der Waals surface area contributed by atoms with Gasteiger partial charge < -0.3 is 20.3 Å². The molecule has 1 fully saturated rings. The van der Waals surface area contributed by atoms with Gasteiger partial charge in [0, 0.05) is 18.7 Å². The quantitative estimate of drug-likeness (QED) is 0.751. The summed E-state index contributed by atoms with van der Waals surface area (Å²) in [5, 5.41) is 9.31. The fourth-order valence-corrected chi connectivity index (χ4v) is 2.25. The molecule has 0 radical (unpaired) electrons. The number of nitrogens with zero attached hydrogens (tertiary/aromatic N) is 1. The smallest absolute Gasteiger partial charge is 0.120 e. The number of hydrogen-bond acceptors (Lipinski definition) is 5. The van der Waals surface area contributed by atoms with E-state index in [1.807, 2.05) is 24.3 Å². The van der Waals surface area contributed by atoms with Gasteiger partial charge in [-0.05, 0) is 18.2 Å². The first-order chi connectivity index (χ1) is 10.3. The molecule has 3 N–H and O–H groups in total. The van der Waals surface area contributed by atoms with Crippen LogP contribution in [0.3, 0.4) is 0 Å². The summed E-state index contributed by atoms with van der Waals surface area (Å²) in [4.78, 5) is 2.20. The number of ether oxygens (including phenoxy) is 2. The Kier molecular flexibility index (Phi) is 6.51. The molecule has 0 aliphatic carbocycles. The van der Waals surface area contributed by atoms with E-state index in [-0.39, 0.29) is 12.6 Å². The summed E-state index contributed by atoms with van der Waals surface area (Å²) in [6.45, 7) is 3.93. The van der Waals surface area contributed by atoms with Crippen molar-refractivity contribution in [3.8, 4) is 17.6 Å². The zero-order valence-electron chi connectivity index (χ0n) is 12.1. The third-order valence-corrected chi connectivity index (χ3v) is 3.38. The molecule has 1 unspecified atom stereocenters. The van der Waals surface area contributed by atoms with Gasteiger partial charge in [0.15, 0.2) is 0 Å². The van der Waals surface area contributed by atoms with Gasteiger partial charge in [-0.2, -0.15) is 0 Å². The van der Waals surface area contributed by atoms with Gasteiger partial charge in [0.2, 0.25) is 0 Å². The second-order valence-electron chi connectivity index (χ2n) is 4.83. The molecule has 0 saturated carbocycles. The molecule has 1 aromatic carbocycles. The van der Waals surface area contributed by atoms with Crippen LogP contribution in [0, 0.1) is 11.8 Å². The molecule has 1 atom stereocenters. The molecule has 2 rings (SSSR count). The second-order valence-corrected chi connectivity index (χ2v) is 4.83. The molecule has 1 aliphatic rings. The zero-order chi connectivity index (χ0) is 14.9. The third-order valence-electron chi connectivity index (χ3n) is 3.38. The summed E-state index contributed by atoms with van der Waals surface area (Å²) in [6.07, 6.45) is 0. The van der Waals surface area contributed by atoms with Crippen molar-refractivity contribution in [2.75, 3.05) is 46.1 Å². The highest BCUT2D eigenvalue weighted by Crippen LogP contribution is 2.13. The van der Waals surface area contributed by atoms with Gasteiger partial charge in [0.1, 0.15) is 12.4 Å². The van der Waals surface area contributed by atoms with E-state index in [9.17, 15) is 5.11 Å². The van der Waals surface area contributed by atoms with Crippen LogP contribution in [-0.2, 0) is 4.74 Å². The molecule has 0 aromatic heterocycles. The number of rotatable bonds is 5. The van der Waals surface area contributed by atoms with Crippen LogP contribution >= 0.6 is 0 Å². The van der Waals surface area contributed by atoms with Gasteiger partial charge in [-0.25, -0.2) is 0 Å². The third kappa shape index (κ3) is 5.03. The zero-order valence-corrected chi connectivity index (χ0v) is 12.1. The van der Waals surface area contributed by atoms with Gasteiger partial charge in [0.05, 0.1) is 32.4 Å². The van der Waals surface area contributed by atoms with E-state index in [0.29, 0.717) is 26.4 Å². The summed E-state index contributed by atoms with van der Waals surface area (Å²) in [5.41, 5.74) is 6.26. The van der Waals surface area contributed by atoms with Crippen molar-refractivity contribution < 1.29 is 14.6 Å². The summed E-state index contributed by atoms with van der Waals surface area (Å²) in [6, 6.07) is 7.74. The predicted octanol–water partition coefficient (Wildman–Crippen LogP) is 0.0687. The van der Waals surface area contributed by atoms with Crippen LogP contribution in [0.5, 0.6) is 5.75 Å². The monoisotopic (exact) mass is 290 g/mol. The Morgan fingerprint density at radius 2 is 2.38 bits per heavy atom. The molecule has 1 saturated heterocycles. The van der Waals surface area contributed by atoms with Gasteiger partial charge in [-0.1, -0.05) is 17.9 Å². The molecule has 0 amide bonds. The van der Waals surface area contributed by atoms with Gasteiger partial charge in [-0.3, -0.25) is 4.90 Å². The minimum atomic E-state index is 0.0732. The number of nitrogens with two attached hydrogens (primary N) is 1. The van der Waals surface area contributed by atoms with Crippen LogP contribution in [0.15, 0.2) is 24.3 Å². The average molecular weight is 290 g/mol. The van der Waals surface area contributed by atoms with E-state index in [4.69, 9.17) is 15.2 Å². The van der Waals surface area contributed by atoms with E-state index >= 15 is 0 Å². The van der Waals surface area contributed by atoms with Crippen LogP contribution in [0.25, 0.3) is 0 Å². The molecule has 1 aromatic rings. The molecule has 21 heavy (non-hydrogen) atoms. The summed E-state index contributed by atoms with van der Waals surface area (Å²) >= 11 is 0. The Morgan fingerprint density at radius 1 is 1.48 bits per heavy atom. The SMILES string of the molecule is NCC#Cc1cccc(OCCN2CCOCC2CO)c1. The molecule has 0 spiro atoms. The fourth-order valence-electron chi connectivity index (χ4n) is 2.25. The van der Waals surface area contributed by atoms with Gasteiger partial charge >= 0.3 is 0 Å². The molecule has 1 aliphatic heterocycles. The summed E-state index contributed by atoms with van der Waals surface area (Å²) in [7, 11) is 0. The Morgan fingerprint density at radius 3 is 3.19 bits per heavy atom. The maximum atomic E-state index is 9.31. The first-order valence-electron chi connectivity index (χ1n) is 7.18. The highest BCUT2D eigenvalue weighted by molar-refractivity contribution is 5.39. The van der Waals surface area contributed by atoms with Crippen molar-refractivity contribution in [2.45, 2.75) is 6.04 Å². The topological polar surface area (TPSA) is 68.0 Å². The number of hydrogen-bond donors (Lipinski definition) is 2. The Bertz CT molecular complexity index is 496. The van der Waals surface area contributed by atoms with Gasteiger partial charge in [0.25, 0.3) is 0 Å². The lowest BCUT2D eigenvalue weighted by molar-refractivity contribution is -0.0312. The minimum Gasteiger partial charge on any atom is -0.492 e. The largest absolute Gasteiger partial charge is 0.492 e. The van der Waals surface area contributed by atoms with Crippen molar-refractivity contribution >= 4 is 0 Å². The maximum absolute atomic E-state index is 9.31. The highest BCUT2D eigenvalue weighted by Gasteiger charge is 2.21. The maximum Gasteiger partial charge on any atom is 0.120 e. The molecular formula is C16H22N2O3. The summed E-state index contributed by atoms with van der Waals surface area (Å²) in [5.74, 6) is 6.61. The van der Waals surface area contributed by atoms with Crippen LogP contribution in [0.2, 0.25) is 0 Å². The minimum absolute atomic E-state index is 0.0732. The summed E-state index contributed by atoms with van der Waals surface area (Å²) < 4.78 is 11.1. The van der Waals surface area contributed by atoms with E-state index < -0.39 is 0 Å². The van der Waals surface area contributed by atoms with E-state index in [2.05, 4.69) is 16.7 Å². The molecular weight excluding hydrogens is 268 g/mol. The number of aliphatic hydroxyl groups excluding tert-OH is 1. The number of aliphatic hydroxyl groups is 1. The Hall–Kier alpha value is -1.58. The fraction of sp³-hybridized carbons (Fsp3) is 0.500. The lowest BCUT2D eigenvalue weighted by atomic mass is 10.2. The average Bonchev–Trinajstić information content (AvgIpc) is 2.54. The molecule has 1 heterocycles. The van der Waals surface area contributed by atoms with Crippen LogP contribution in [0.1, 0.15) is 5.56 Å². The van der Waals surface area contributed by atoms with Crippen molar-refractivity contribution in [2.24, 2.45) is 5.73 Å². The lowest BCUT2D eigenvalue weighted by Gasteiger charge is -2.34. The van der Waals surface area contributed by atoms with E-state index in [0.717, 1.165) is 24.4 Å². The second kappa shape index (κ2) is 8.65. The normalized spacial score (nSPS) is 18.9. The number of benzene rings is 1. The van der Waals surface area contributed by atoms with E-state index in [1.165, 1.54) is 0 Å². The van der Waals surface area contributed by atoms with Crippen LogP contribution in [0.4, 0.5) is 0 Å². The Labute approximate surface area is 125 Å². The van der Waals surface area contributed by atoms with Gasteiger partial charge in [-0.15, -0.1) is 0 Å². The first-order valence-corrected chi connectivity index (χ1v) is 7.18. The number of morpholine rings is 1. The molecule has 114 valence electrons. The Balaban J connectivity index is 1.82. The predicted molar refractivity (Wildman–Crippen MR) is 81.1 cm³/mol. The standard InChI is InChI=1S/C16H22N2O3/c17-6-2-4-14-3-1-5-16(11-14)21-10-8-18-7-9-20-13-15(18)12-19/h1,3,5,11,15,19H,6-10,12-13,17H2. The molecule has 5 heteroatoms.